The summed E-state index contributed by atoms with van der Waals surface area (Å²) >= 11 is 6.39. The van der Waals surface area contributed by atoms with Crippen molar-refractivity contribution >= 4 is 23.8 Å². The second-order valence-corrected chi connectivity index (χ2v) is 5.34. The number of fused-ring (bicyclic) bond motifs is 1. The topological polar surface area (TPSA) is 24.9 Å². The number of pyridine rings is 1. The van der Waals surface area contributed by atoms with Gasteiger partial charge in [0.25, 0.3) is 0 Å². The molecule has 1 N–H and O–H groups in total. The number of nitrogens with zero attached hydrogens (tertiary/aromatic N) is 1. The Bertz CT molecular complexity index is 620. The average Bonchev–Trinajstić information content (AvgIpc) is 2.73. The molecular formula is C17H17ClN2. The normalized spacial score (nSPS) is 15.1. The van der Waals surface area contributed by atoms with Crippen LogP contribution < -0.4 is 5.32 Å². The summed E-state index contributed by atoms with van der Waals surface area (Å²) in [7, 11) is 0. The van der Waals surface area contributed by atoms with Crippen LogP contribution in [0.5, 0.6) is 0 Å². The largest absolute Gasteiger partial charge is 0.316 e. The fraction of sp³-hybridized carbons (Fsp3) is 0.235. The summed E-state index contributed by atoms with van der Waals surface area (Å²) in [6.45, 7) is 2.05. The van der Waals surface area contributed by atoms with Crippen LogP contribution in [0.1, 0.15) is 22.4 Å². The first-order valence-electron chi connectivity index (χ1n) is 6.95. The molecule has 0 spiro atoms. The zero-order valence-corrected chi connectivity index (χ0v) is 12.0. The van der Waals surface area contributed by atoms with Crippen LogP contribution in [0.25, 0.3) is 12.2 Å². The third-order valence-corrected chi connectivity index (χ3v) is 3.96. The van der Waals surface area contributed by atoms with E-state index in [1.165, 1.54) is 11.1 Å². The molecule has 0 saturated carbocycles. The molecule has 0 atom stereocenters. The molecule has 0 bridgehead atoms. The van der Waals surface area contributed by atoms with E-state index in [4.69, 9.17) is 11.6 Å². The second-order valence-electron chi connectivity index (χ2n) is 4.94. The number of aromatic nitrogens is 1. The monoisotopic (exact) mass is 284 g/mol. The lowest BCUT2D eigenvalue weighted by molar-refractivity contribution is 0.711. The van der Waals surface area contributed by atoms with Gasteiger partial charge in [0, 0.05) is 11.2 Å². The predicted molar refractivity (Wildman–Crippen MR) is 84.9 cm³/mol. The predicted octanol–water partition coefficient (Wildman–Crippen LogP) is 3.59. The number of hydrogen-bond acceptors (Lipinski definition) is 2. The molecule has 0 saturated heterocycles. The number of hydrogen-bond donors (Lipinski definition) is 1. The molecule has 102 valence electrons. The molecular weight excluding hydrogens is 268 g/mol. The van der Waals surface area contributed by atoms with Gasteiger partial charge in [0.05, 0.1) is 5.69 Å². The Balaban J connectivity index is 1.98. The van der Waals surface area contributed by atoms with Gasteiger partial charge in [-0.1, -0.05) is 29.8 Å². The van der Waals surface area contributed by atoms with E-state index in [0.717, 1.165) is 42.2 Å². The van der Waals surface area contributed by atoms with Gasteiger partial charge in [-0.15, -0.1) is 0 Å². The molecule has 0 unspecified atom stereocenters. The van der Waals surface area contributed by atoms with Crippen LogP contribution in [0.15, 0.2) is 36.5 Å². The van der Waals surface area contributed by atoms with E-state index in [1.54, 1.807) is 6.20 Å². The molecule has 3 rings (SSSR count). The van der Waals surface area contributed by atoms with Gasteiger partial charge >= 0.3 is 0 Å². The van der Waals surface area contributed by atoms with E-state index in [1.807, 2.05) is 30.3 Å². The molecule has 1 aliphatic rings. The smallest absolute Gasteiger partial charge is 0.0629 e. The summed E-state index contributed by atoms with van der Waals surface area (Å²) in [6, 6.07) is 10.1. The van der Waals surface area contributed by atoms with Gasteiger partial charge in [0.2, 0.25) is 0 Å². The van der Waals surface area contributed by atoms with Crippen molar-refractivity contribution in [1.82, 2.24) is 10.3 Å². The Labute approximate surface area is 124 Å². The highest BCUT2D eigenvalue weighted by Crippen LogP contribution is 2.27. The summed E-state index contributed by atoms with van der Waals surface area (Å²) in [5.41, 5.74) is 4.86. The highest BCUT2D eigenvalue weighted by atomic mass is 35.5. The van der Waals surface area contributed by atoms with Crippen molar-refractivity contribution in [2.75, 3.05) is 13.1 Å². The molecule has 1 aromatic carbocycles. The van der Waals surface area contributed by atoms with Crippen LogP contribution in [0.3, 0.4) is 0 Å². The lowest BCUT2D eigenvalue weighted by Crippen LogP contribution is -2.16. The number of rotatable bonds is 2. The van der Waals surface area contributed by atoms with Crippen LogP contribution in [0, 0.1) is 0 Å². The first kappa shape index (κ1) is 13.3. The Hall–Kier alpha value is -1.64. The highest BCUT2D eigenvalue weighted by molar-refractivity contribution is 6.32. The number of halogens is 1. The Morgan fingerprint density at radius 3 is 2.80 bits per heavy atom. The van der Waals surface area contributed by atoms with E-state index in [0.29, 0.717) is 0 Å². The van der Waals surface area contributed by atoms with Crippen molar-refractivity contribution in [3.8, 4) is 0 Å². The van der Waals surface area contributed by atoms with Crippen molar-refractivity contribution < 1.29 is 0 Å². The van der Waals surface area contributed by atoms with Crippen LogP contribution in [0.4, 0.5) is 0 Å². The fourth-order valence-electron chi connectivity index (χ4n) is 2.60. The summed E-state index contributed by atoms with van der Waals surface area (Å²) in [5, 5.41) is 4.25. The van der Waals surface area contributed by atoms with Crippen molar-refractivity contribution in [3.63, 3.8) is 0 Å². The van der Waals surface area contributed by atoms with Crippen LogP contribution in [0.2, 0.25) is 5.02 Å². The standard InChI is InChI=1S/C17H17ClN2/c18-17-7-4-13-8-11-19-12-9-15(13)16(17)6-5-14-3-1-2-10-20-14/h1-7,10,19H,8-9,11-12H2/b6-5-. The van der Waals surface area contributed by atoms with E-state index in [9.17, 15) is 0 Å². The molecule has 0 amide bonds. The van der Waals surface area contributed by atoms with Crippen LogP contribution in [-0.4, -0.2) is 18.1 Å². The molecule has 0 radical (unpaired) electrons. The van der Waals surface area contributed by atoms with Gasteiger partial charge in [-0.25, -0.2) is 0 Å². The zero-order chi connectivity index (χ0) is 13.8. The third-order valence-electron chi connectivity index (χ3n) is 3.63. The zero-order valence-electron chi connectivity index (χ0n) is 11.3. The molecule has 0 aliphatic carbocycles. The van der Waals surface area contributed by atoms with E-state index in [2.05, 4.69) is 22.4 Å². The maximum absolute atomic E-state index is 6.39. The quantitative estimate of drug-likeness (QED) is 0.911. The molecule has 1 aromatic heterocycles. The van der Waals surface area contributed by atoms with E-state index >= 15 is 0 Å². The fourth-order valence-corrected chi connectivity index (χ4v) is 2.84. The molecule has 3 heteroatoms. The first-order valence-corrected chi connectivity index (χ1v) is 7.32. The van der Waals surface area contributed by atoms with Crippen molar-refractivity contribution in [2.24, 2.45) is 0 Å². The summed E-state index contributed by atoms with van der Waals surface area (Å²) in [6.07, 6.45) is 8.01. The summed E-state index contributed by atoms with van der Waals surface area (Å²) in [4.78, 5) is 4.31. The minimum absolute atomic E-state index is 0.817. The van der Waals surface area contributed by atoms with Crippen molar-refractivity contribution in [3.05, 3.63) is 63.9 Å². The second kappa shape index (κ2) is 6.21. The lowest BCUT2D eigenvalue weighted by Gasteiger charge is -2.11. The molecule has 2 nitrogen and oxygen atoms in total. The lowest BCUT2D eigenvalue weighted by atomic mass is 9.96. The minimum atomic E-state index is 0.817. The highest BCUT2D eigenvalue weighted by Gasteiger charge is 2.12. The van der Waals surface area contributed by atoms with Gasteiger partial charge in [-0.2, -0.15) is 0 Å². The summed E-state index contributed by atoms with van der Waals surface area (Å²) in [5.74, 6) is 0. The van der Waals surface area contributed by atoms with E-state index in [-0.39, 0.29) is 0 Å². The Kier molecular flexibility index (Phi) is 4.14. The van der Waals surface area contributed by atoms with E-state index < -0.39 is 0 Å². The maximum atomic E-state index is 6.39. The minimum Gasteiger partial charge on any atom is -0.316 e. The van der Waals surface area contributed by atoms with Gasteiger partial charge in [-0.3, -0.25) is 4.98 Å². The van der Waals surface area contributed by atoms with Gasteiger partial charge in [-0.05, 0) is 66.9 Å². The molecule has 1 aliphatic heterocycles. The number of nitrogens with one attached hydrogen (secondary N) is 1. The molecule has 20 heavy (non-hydrogen) atoms. The molecule has 2 heterocycles. The van der Waals surface area contributed by atoms with Crippen molar-refractivity contribution in [1.29, 1.82) is 0 Å². The maximum Gasteiger partial charge on any atom is 0.0629 e. The summed E-state index contributed by atoms with van der Waals surface area (Å²) < 4.78 is 0. The third kappa shape index (κ3) is 2.92. The average molecular weight is 285 g/mol. The Morgan fingerprint density at radius 2 is 1.95 bits per heavy atom. The van der Waals surface area contributed by atoms with Gasteiger partial charge in [0.15, 0.2) is 0 Å². The molecule has 0 fully saturated rings. The Morgan fingerprint density at radius 1 is 1.05 bits per heavy atom. The van der Waals surface area contributed by atoms with Crippen LogP contribution >= 0.6 is 11.6 Å². The van der Waals surface area contributed by atoms with Crippen molar-refractivity contribution in [2.45, 2.75) is 12.8 Å². The van der Waals surface area contributed by atoms with Crippen LogP contribution in [-0.2, 0) is 12.8 Å². The first-order chi connectivity index (χ1) is 9.84. The SMILES string of the molecule is Clc1ccc2c(c1/C=C\c1ccccn1)CCNCC2. The van der Waals surface area contributed by atoms with Gasteiger partial charge < -0.3 is 5.32 Å². The number of benzene rings is 1. The molecule has 2 aromatic rings. The van der Waals surface area contributed by atoms with Gasteiger partial charge in [0.1, 0.15) is 0 Å².